The summed E-state index contributed by atoms with van der Waals surface area (Å²) in [6.07, 6.45) is 24.6. The molecule has 6 rings (SSSR count). The quantitative estimate of drug-likeness (QED) is 0.0569. The molecular weight excluding hydrogens is 721 g/mol. The largest absolute Gasteiger partial charge is 0.142 e. The molecule has 0 aromatic carbocycles. The number of unbranched alkanes of at least 4 members (excludes halogenated alkanes) is 14. The van der Waals surface area contributed by atoms with Crippen LogP contribution in [-0.2, 0) is 12.8 Å². The SMILES string of the molecule is CCCCCCCCCCc1ccc(-c2ccsc2-c2ccc(-c3ccc(-c4sccc4-c4ccc(CCCCCCCCCC)s4)s3)s2)s1. The summed E-state index contributed by atoms with van der Waals surface area (Å²) in [5, 5.41) is 4.55. The Kier molecular flexibility index (Phi) is 15.5. The van der Waals surface area contributed by atoms with Gasteiger partial charge in [0, 0.05) is 50.1 Å². The fraction of sp³-hybridized carbons (Fsp3) is 0.455. The molecule has 6 aromatic rings. The summed E-state index contributed by atoms with van der Waals surface area (Å²) in [4.78, 5) is 14.3. The molecule has 0 N–H and O–H groups in total. The molecule has 6 heterocycles. The smallest absolute Gasteiger partial charge is 0.0529 e. The second-order valence-corrected chi connectivity index (χ2v) is 20.0. The molecule has 0 aliphatic carbocycles. The molecule has 0 fully saturated rings. The van der Waals surface area contributed by atoms with E-state index in [0.717, 1.165) is 0 Å². The van der Waals surface area contributed by atoms with E-state index in [-0.39, 0.29) is 0 Å². The lowest BCUT2D eigenvalue weighted by Gasteiger charge is -2.01. The van der Waals surface area contributed by atoms with Crippen LogP contribution >= 0.6 is 68.0 Å². The molecule has 0 bridgehead atoms. The van der Waals surface area contributed by atoms with Crippen LogP contribution in [0.1, 0.15) is 126 Å². The van der Waals surface area contributed by atoms with Crippen molar-refractivity contribution in [1.29, 1.82) is 0 Å². The van der Waals surface area contributed by atoms with E-state index in [1.807, 2.05) is 68.0 Å². The molecule has 0 unspecified atom stereocenters. The lowest BCUT2D eigenvalue weighted by molar-refractivity contribution is 0.576. The zero-order chi connectivity index (χ0) is 34.4. The maximum atomic E-state index is 2.38. The minimum atomic E-state index is 1.22. The third kappa shape index (κ3) is 10.6. The highest BCUT2D eigenvalue weighted by atomic mass is 32.1. The van der Waals surface area contributed by atoms with Crippen molar-refractivity contribution in [2.24, 2.45) is 0 Å². The Morgan fingerprint density at radius 2 is 0.700 bits per heavy atom. The summed E-state index contributed by atoms with van der Waals surface area (Å²) in [5.41, 5.74) is 2.81. The number of hydrogen-bond donors (Lipinski definition) is 0. The summed E-state index contributed by atoms with van der Waals surface area (Å²) in [5.74, 6) is 0. The van der Waals surface area contributed by atoms with Crippen molar-refractivity contribution >= 4 is 68.0 Å². The zero-order valence-corrected chi connectivity index (χ0v) is 35.0. The van der Waals surface area contributed by atoms with Crippen molar-refractivity contribution in [3.05, 3.63) is 81.2 Å². The van der Waals surface area contributed by atoms with Gasteiger partial charge >= 0.3 is 0 Å². The zero-order valence-electron chi connectivity index (χ0n) is 30.1. The molecule has 0 nitrogen and oxygen atoms in total. The Morgan fingerprint density at radius 1 is 0.340 bits per heavy atom. The average molecular weight is 775 g/mol. The maximum absolute atomic E-state index is 2.38. The van der Waals surface area contributed by atoms with Gasteiger partial charge in [-0.15, -0.1) is 68.0 Å². The normalized spacial score (nSPS) is 11.6. The minimum absolute atomic E-state index is 1.22. The van der Waals surface area contributed by atoms with Crippen LogP contribution in [0.2, 0.25) is 0 Å². The van der Waals surface area contributed by atoms with Crippen molar-refractivity contribution in [2.75, 3.05) is 0 Å². The summed E-state index contributed by atoms with van der Waals surface area (Å²) in [6, 6.07) is 23.5. The van der Waals surface area contributed by atoms with Crippen LogP contribution in [0.15, 0.2) is 71.4 Å². The summed E-state index contributed by atoms with van der Waals surface area (Å²) in [6.45, 7) is 4.59. The van der Waals surface area contributed by atoms with Crippen LogP contribution in [0.25, 0.3) is 50.1 Å². The molecule has 0 atom stereocenters. The highest BCUT2D eigenvalue weighted by Gasteiger charge is 2.17. The van der Waals surface area contributed by atoms with Crippen LogP contribution in [0.3, 0.4) is 0 Å². The predicted molar refractivity (Wildman–Crippen MR) is 234 cm³/mol. The highest BCUT2D eigenvalue weighted by molar-refractivity contribution is 7.28. The predicted octanol–water partition coefficient (Wildman–Crippen LogP) is 17.8. The highest BCUT2D eigenvalue weighted by Crippen LogP contribution is 2.48. The van der Waals surface area contributed by atoms with Gasteiger partial charge in [0.1, 0.15) is 0 Å². The molecule has 0 radical (unpaired) electrons. The monoisotopic (exact) mass is 774 g/mol. The molecule has 50 heavy (non-hydrogen) atoms. The lowest BCUT2D eigenvalue weighted by Crippen LogP contribution is -1.83. The van der Waals surface area contributed by atoms with E-state index in [4.69, 9.17) is 0 Å². The molecule has 0 saturated heterocycles. The van der Waals surface area contributed by atoms with Crippen molar-refractivity contribution in [3.8, 4) is 50.1 Å². The topological polar surface area (TPSA) is 0 Å². The van der Waals surface area contributed by atoms with Gasteiger partial charge in [0.15, 0.2) is 0 Å². The van der Waals surface area contributed by atoms with E-state index < -0.39 is 0 Å². The first kappa shape index (κ1) is 37.9. The van der Waals surface area contributed by atoms with Gasteiger partial charge in [0.25, 0.3) is 0 Å². The van der Waals surface area contributed by atoms with Gasteiger partial charge in [-0.3, -0.25) is 0 Å². The Bertz CT molecular complexity index is 1680. The second-order valence-electron chi connectivity index (χ2n) is 13.6. The fourth-order valence-electron chi connectivity index (χ4n) is 6.75. The maximum Gasteiger partial charge on any atom is 0.0529 e. The van der Waals surface area contributed by atoms with Gasteiger partial charge in [-0.05, 0) is 97.1 Å². The summed E-state index contributed by atoms with van der Waals surface area (Å²) >= 11 is 11.7. The lowest BCUT2D eigenvalue weighted by atomic mass is 10.1. The van der Waals surface area contributed by atoms with Gasteiger partial charge in [-0.2, -0.15) is 0 Å². The molecule has 0 saturated carbocycles. The Hall–Kier alpha value is -1.80. The first-order chi connectivity index (χ1) is 24.7. The fourth-order valence-corrected chi connectivity index (χ4v) is 13.3. The molecule has 0 aliphatic heterocycles. The van der Waals surface area contributed by atoms with E-state index in [9.17, 15) is 0 Å². The van der Waals surface area contributed by atoms with E-state index in [0.29, 0.717) is 0 Å². The van der Waals surface area contributed by atoms with Gasteiger partial charge in [-0.25, -0.2) is 0 Å². The Labute approximate surface area is 326 Å². The molecule has 0 aliphatic rings. The molecule has 6 aromatic heterocycles. The average Bonchev–Trinajstić information content (AvgIpc) is 3.97. The van der Waals surface area contributed by atoms with Crippen LogP contribution in [0, 0.1) is 0 Å². The number of thiophene rings is 6. The Balaban J connectivity index is 1.03. The first-order valence-corrected chi connectivity index (χ1v) is 24.3. The van der Waals surface area contributed by atoms with E-state index in [1.165, 1.54) is 175 Å². The van der Waals surface area contributed by atoms with Crippen LogP contribution in [0.5, 0.6) is 0 Å². The van der Waals surface area contributed by atoms with Gasteiger partial charge < -0.3 is 0 Å². The second kappa shape index (κ2) is 20.4. The summed E-state index contributed by atoms with van der Waals surface area (Å²) in [7, 11) is 0. The third-order valence-corrected chi connectivity index (χ3v) is 16.6. The van der Waals surface area contributed by atoms with E-state index in [2.05, 4.69) is 85.3 Å². The van der Waals surface area contributed by atoms with Crippen molar-refractivity contribution in [1.82, 2.24) is 0 Å². The van der Waals surface area contributed by atoms with Crippen molar-refractivity contribution in [3.63, 3.8) is 0 Å². The van der Waals surface area contributed by atoms with E-state index >= 15 is 0 Å². The van der Waals surface area contributed by atoms with Gasteiger partial charge in [-0.1, -0.05) is 104 Å². The third-order valence-electron chi connectivity index (χ3n) is 9.64. The standard InChI is InChI=1S/C44H54S6/c1-3-5-7-9-11-13-15-17-19-33-21-23-37(47-33)35-29-31-45-43(35)41-27-25-39(49-41)40-26-28-42(50-40)44-36(30-32-46-44)38-24-22-34(48-38)20-18-16-14-12-10-8-6-4-2/h21-32H,3-20H2,1-2H3. The van der Waals surface area contributed by atoms with Crippen LogP contribution in [0.4, 0.5) is 0 Å². The van der Waals surface area contributed by atoms with E-state index in [1.54, 1.807) is 0 Å². The van der Waals surface area contributed by atoms with Crippen LogP contribution < -0.4 is 0 Å². The molecular formula is C44H54S6. The molecule has 0 amide bonds. The number of aryl methyl sites for hydroxylation is 2. The summed E-state index contributed by atoms with van der Waals surface area (Å²) < 4.78 is 0. The Morgan fingerprint density at radius 3 is 1.12 bits per heavy atom. The van der Waals surface area contributed by atoms with Crippen LogP contribution in [-0.4, -0.2) is 0 Å². The number of rotatable bonds is 23. The van der Waals surface area contributed by atoms with Gasteiger partial charge in [0.2, 0.25) is 0 Å². The molecule has 266 valence electrons. The first-order valence-electron chi connectivity index (χ1n) is 19.3. The van der Waals surface area contributed by atoms with Crippen molar-refractivity contribution in [2.45, 2.75) is 129 Å². The molecule has 6 heteroatoms. The minimum Gasteiger partial charge on any atom is -0.142 e. The molecule has 0 spiro atoms. The van der Waals surface area contributed by atoms with Gasteiger partial charge in [0.05, 0.1) is 9.75 Å². The van der Waals surface area contributed by atoms with Crippen molar-refractivity contribution < 1.29 is 0 Å². The number of hydrogen-bond acceptors (Lipinski definition) is 6.